The van der Waals surface area contributed by atoms with Gasteiger partial charge in [-0.25, -0.2) is 0 Å². The van der Waals surface area contributed by atoms with Gasteiger partial charge in [0.05, 0.1) is 0 Å². The molecule has 0 saturated heterocycles. The summed E-state index contributed by atoms with van der Waals surface area (Å²) in [6, 6.07) is 0. The topological polar surface area (TPSA) is 48.6 Å². The fourth-order valence-corrected chi connectivity index (χ4v) is 0. The van der Waals surface area contributed by atoms with Crippen molar-refractivity contribution in [1.29, 1.82) is 0 Å². The van der Waals surface area contributed by atoms with E-state index < -0.39 is 10.8 Å². The van der Waals surface area contributed by atoms with E-state index in [9.17, 15) is 4.21 Å². The second kappa shape index (κ2) is 4.11. The first kappa shape index (κ1) is 8.92. The molecule has 0 radical (unpaired) electrons. The molecule has 0 aromatic heterocycles. The van der Waals surface area contributed by atoms with Crippen LogP contribution in [0.15, 0.2) is 0 Å². The lowest BCUT2D eigenvalue weighted by atomic mass is 11.9. The molecule has 0 spiro atoms. The van der Waals surface area contributed by atoms with E-state index in [2.05, 4.69) is 0 Å². The molecule has 0 saturated carbocycles. The molecular weight excluding hydrogens is 88.1 g/mol. The summed E-state index contributed by atoms with van der Waals surface area (Å²) in [5.41, 5.74) is 0. The monoisotopic (exact) mass is 96.0 g/mol. The molecule has 0 atom stereocenters. The molecule has 34 valence electrons. The lowest BCUT2D eigenvalue weighted by molar-refractivity contribution is 0.690. The number of hydrogen-bond acceptors (Lipinski definition) is 1. The number of rotatable bonds is 0. The normalized spacial score (nSPS) is 7.00. The van der Waals surface area contributed by atoms with Gasteiger partial charge in [-0.05, 0) is 0 Å². The Hall–Kier alpha value is 0.110. The fourth-order valence-electron chi connectivity index (χ4n) is 0. The Labute approximate surface area is 34.0 Å². The van der Waals surface area contributed by atoms with Crippen molar-refractivity contribution in [3.8, 4) is 0 Å². The quantitative estimate of drug-likeness (QED) is 0.388. The van der Waals surface area contributed by atoms with Crippen molar-refractivity contribution >= 4 is 10.8 Å². The van der Waals surface area contributed by atoms with Gasteiger partial charge in [0.25, 0.3) is 0 Å². The standard InChI is InChI=1S/C2H6OS.H2O/c1-4(2)3;/h1-2H3;1H2. The molecule has 0 aliphatic rings. The van der Waals surface area contributed by atoms with Crippen LogP contribution in [0.25, 0.3) is 0 Å². The maximum absolute atomic E-state index is 9.56. The number of hydrogen-bond donors (Lipinski definition) is 0. The zero-order valence-electron chi connectivity index (χ0n) is 3.32. The Morgan fingerprint density at radius 3 is 1.40 bits per heavy atom. The highest BCUT2D eigenvalue weighted by molar-refractivity contribution is 7.83. The summed E-state index contributed by atoms with van der Waals surface area (Å²) in [6.07, 6.45) is 3.28. The lowest BCUT2D eigenvalue weighted by Crippen LogP contribution is -1.70. The molecule has 3 heteroatoms. The van der Waals surface area contributed by atoms with Crippen LogP contribution in [0, 0.1) is 0 Å². The van der Waals surface area contributed by atoms with Crippen molar-refractivity contribution < 1.29 is 9.69 Å². The zero-order chi connectivity index (χ0) is 3.58. The van der Waals surface area contributed by atoms with Crippen LogP contribution in [0.5, 0.6) is 0 Å². The Morgan fingerprint density at radius 1 is 1.40 bits per heavy atom. The molecule has 0 aliphatic heterocycles. The molecule has 0 unspecified atom stereocenters. The molecule has 0 heterocycles. The molecular formula is C2H8O2S. The largest absolute Gasteiger partial charge is 0.412 e. The average molecular weight is 96.2 g/mol. The van der Waals surface area contributed by atoms with Gasteiger partial charge in [-0.2, -0.15) is 0 Å². The third kappa shape index (κ3) is 1510. The highest BCUT2D eigenvalue weighted by Crippen LogP contribution is 1.47. The minimum Gasteiger partial charge on any atom is -0.412 e. The molecule has 0 rings (SSSR count). The van der Waals surface area contributed by atoms with Gasteiger partial charge >= 0.3 is 0 Å². The predicted octanol–water partition coefficient (Wildman–Crippen LogP) is -0.830. The summed E-state index contributed by atoms with van der Waals surface area (Å²) < 4.78 is 9.56. The van der Waals surface area contributed by atoms with Crippen molar-refractivity contribution in [1.82, 2.24) is 0 Å². The van der Waals surface area contributed by atoms with E-state index in [4.69, 9.17) is 0 Å². The van der Waals surface area contributed by atoms with Gasteiger partial charge in [0.15, 0.2) is 0 Å². The molecule has 0 bridgehead atoms. The molecule has 5 heavy (non-hydrogen) atoms. The summed E-state index contributed by atoms with van der Waals surface area (Å²) in [6.45, 7) is 0. The van der Waals surface area contributed by atoms with E-state index in [1.54, 1.807) is 12.5 Å². The van der Waals surface area contributed by atoms with Crippen LogP contribution in [0.1, 0.15) is 0 Å². The Kier molecular flexibility index (Phi) is 7.34. The maximum Gasteiger partial charge on any atom is 0.0148 e. The Morgan fingerprint density at radius 2 is 1.40 bits per heavy atom. The van der Waals surface area contributed by atoms with Gasteiger partial charge in [0.1, 0.15) is 0 Å². The van der Waals surface area contributed by atoms with E-state index in [0.717, 1.165) is 0 Å². The summed E-state index contributed by atoms with van der Waals surface area (Å²) in [5, 5.41) is 0. The van der Waals surface area contributed by atoms with Crippen LogP contribution in [0.4, 0.5) is 0 Å². The van der Waals surface area contributed by atoms with E-state index in [1.165, 1.54) is 0 Å². The van der Waals surface area contributed by atoms with Crippen LogP contribution >= 0.6 is 0 Å². The molecule has 0 aromatic carbocycles. The third-order valence-electron chi connectivity index (χ3n) is 0. The first-order chi connectivity index (χ1) is 1.73. The van der Waals surface area contributed by atoms with Gasteiger partial charge in [0.2, 0.25) is 0 Å². The molecule has 2 nitrogen and oxygen atoms in total. The fraction of sp³-hybridized carbons (Fsp3) is 1.00. The molecule has 0 aromatic rings. The van der Waals surface area contributed by atoms with Crippen LogP contribution in [-0.2, 0) is 10.8 Å². The highest BCUT2D eigenvalue weighted by Gasteiger charge is 1.57. The molecule has 0 amide bonds. The molecule has 0 fully saturated rings. The summed E-state index contributed by atoms with van der Waals surface area (Å²) in [4.78, 5) is 0. The maximum atomic E-state index is 9.56. The molecule has 0 aliphatic carbocycles. The van der Waals surface area contributed by atoms with Crippen molar-refractivity contribution in [2.24, 2.45) is 0 Å². The van der Waals surface area contributed by atoms with Gasteiger partial charge < -0.3 is 5.48 Å². The van der Waals surface area contributed by atoms with Crippen LogP contribution < -0.4 is 0 Å². The predicted molar refractivity (Wildman–Crippen MR) is 23.6 cm³/mol. The van der Waals surface area contributed by atoms with Crippen molar-refractivity contribution in [2.45, 2.75) is 0 Å². The van der Waals surface area contributed by atoms with E-state index in [0.29, 0.717) is 0 Å². The second-order valence-corrected chi connectivity index (χ2v) is 2.22. The van der Waals surface area contributed by atoms with Crippen LogP contribution in [0.3, 0.4) is 0 Å². The highest BCUT2D eigenvalue weighted by atomic mass is 32.2. The van der Waals surface area contributed by atoms with Gasteiger partial charge in [-0.1, -0.05) is 0 Å². The summed E-state index contributed by atoms with van der Waals surface area (Å²) in [5.74, 6) is 0. The summed E-state index contributed by atoms with van der Waals surface area (Å²) >= 11 is 0. The van der Waals surface area contributed by atoms with Crippen molar-refractivity contribution in [3.63, 3.8) is 0 Å². The first-order valence-corrected chi connectivity index (χ1v) is 2.95. The van der Waals surface area contributed by atoms with Gasteiger partial charge in [0, 0.05) is 23.3 Å². The average Bonchev–Trinajstić information content (AvgIpc) is 0.811. The minimum absolute atomic E-state index is 0. The lowest BCUT2D eigenvalue weighted by Gasteiger charge is -1.60. The van der Waals surface area contributed by atoms with E-state index >= 15 is 0 Å². The van der Waals surface area contributed by atoms with Crippen LogP contribution in [0.2, 0.25) is 0 Å². The Bertz CT molecular complexity index is 30.6. The van der Waals surface area contributed by atoms with Crippen molar-refractivity contribution in [3.05, 3.63) is 0 Å². The van der Waals surface area contributed by atoms with Crippen molar-refractivity contribution in [2.75, 3.05) is 12.5 Å². The Balaban J connectivity index is 0. The van der Waals surface area contributed by atoms with E-state index in [1.807, 2.05) is 0 Å². The first-order valence-electron chi connectivity index (χ1n) is 0.983. The minimum atomic E-state index is -0.611. The SMILES string of the molecule is CS(C)=O.O. The third-order valence-corrected chi connectivity index (χ3v) is 0. The van der Waals surface area contributed by atoms with Gasteiger partial charge in [-0.3, -0.25) is 4.21 Å². The molecule has 2 N–H and O–H groups in total. The van der Waals surface area contributed by atoms with E-state index in [-0.39, 0.29) is 5.48 Å². The van der Waals surface area contributed by atoms with Gasteiger partial charge in [-0.15, -0.1) is 0 Å². The second-order valence-electron chi connectivity index (χ2n) is 0.742. The zero-order valence-corrected chi connectivity index (χ0v) is 4.13. The summed E-state index contributed by atoms with van der Waals surface area (Å²) in [7, 11) is -0.611. The van der Waals surface area contributed by atoms with Crippen LogP contribution in [-0.4, -0.2) is 22.2 Å². The smallest absolute Gasteiger partial charge is 0.0148 e.